The lowest BCUT2D eigenvalue weighted by atomic mass is 10.0. The summed E-state index contributed by atoms with van der Waals surface area (Å²) < 4.78 is 39.6. The van der Waals surface area contributed by atoms with Crippen molar-refractivity contribution >= 4 is 0 Å². The Hall–Kier alpha value is -1.29. The van der Waals surface area contributed by atoms with Gasteiger partial charge >= 0.3 is 0 Å². The predicted molar refractivity (Wildman–Crippen MR) is 57.5 cm³/mol. The summed E-state index contributed by atoms with van der Waals surface area (Å²) >= 11 is 0. The van der Waals surface area contributed by atoms with Crippen molar-refractivity contribution < 1.29 is 13.2 Å². The zero-order valence-corrected chi connectivity index (χ0v) is 9.44. The highest BCUT2D eigenvalue weighted by molar-refractivity contribution is 5.28. The SMILES string of the molecule is CNC(C=C(C)C)c1c(F)cc(F)cc1F. The van der Waals surface area contributed by atoms with Crippen molar-refractivity contribution in [2.75, 3.05) is 7.05 Å². The van der Waals surface area contributed by atoms with E-state index in [0.717, 1.165) is 5.57 Å². The van der Waals surface area contributed by atoms with Crippen LogP contribution >= 0.6 is 0 Å². The average Bonchev–Trinajstić information content (AvgIpc) is 2.13. The second kappa shape index (κ2) is 5.16. The van der Waals surface area contributed by atoms with E-state index in [0.29, 0.717) is 12.1 Å². The van der Waals surface area contributed by atoms with Gasteiger partial charge in [-0.15, -0.1) is 0 Å². The molecule has 0 aliphatic heterocycles. The van der Waals surface area contributed by atoms with Crippen molar-refractivity contribution in [2.45, 2.75) is 19.9 Å². The standard InChI is InChI=1S/C12H14F3N/c1-7(2)4-11(16-3)12-9(14)5-8(13)6-10(12)15/h4-6,11,16H,1-3H3. The molecule has 0 aromatic heterocycles. The quantitative estimate of drug-likeness (QED) is 0.784. The van der Waals surface area contributed by atoms with Crippen LogP contribution in [-0.4, -0.2) is 7.05 Å². The molecule has 1 unspecified atom stereocenters. The molecule has 16 heavy (non-hydrogen) atoms. The molecule has 0 aliphatic rings. The van der Waals surface area contributed by atoms with E-state index in [9.17, 15) is 13.2 Å². The fourth-order valence-corrected chi connectivity index (χ4v) is 1.49. The van der Waals surface area contributed by atoms with Gasteiger partial charge in [0.05, 0.1) is 6.04 Å². The lowest BCUT2D eigenvalue weighted by Gasteiger charge is -2.15. The molecular weight excluding hydrogens is 215 g/mol. The number of hydrogen-bond donors (Lipinski definition) is 1. The van der Waals surface area contributed by atoms with Crippen molar-refractivity contribution in [3.8, 4) is 0 Å². The molecular formula is C12H14F3N. The summed E-state index contributed by atoms with van der Waals surface area (Å²) in [6, 6.07) is 0.772. The number of benzene rings is 1. The maximum absolute atomic E-state index is 13.4. The topological polar surface area (TPSA) is 12.0 Å². The molecule has 0 bridgehead atoms. The van der Waals surface area contributed by atoms with Gasteiger partial charge in [-0.3, -0.25) is 0 Å². The molecule has 0 fully saturated rings. The molecule has 4 heteroatoms. The summed E-state index contributed by atoms with van der Waals surface area (Å²) in [5.41, 5.74) is 0.757. The lowest BCUT2D eigenvalue weighted by Crippen LogP contribution is -2.17. The first-order valence-electron chi connectivity index (χ1n) is 4.92. The highest BCUT2D eigenvalue weighted by Crippen LogP contribution is 2.23. The Bertz CT molecular complexity index is 386. The van der Waals surface area contributed by atoms with E-state index in [4.69, 9.17) is 0 Å². The summed E-state index contributed by atoms with van der Waals surface area (Å²) in [5, 5.41) is 2.77. The normalized spacial score (nSPS) is 12.4. The first-order valence-corrected chi connectivity index (χ1v) is 4.92. The number of rotatable bonds is 3. The van der Waals surface area contributed by atoms with E-state index < -0.39 is 23.5 Å². The number of hydrogen-bond acceptors (Lipinski definition) is 1. The Kier molecular flexibility index (Phi) is 4.12. The minimum atomic E-state index is -0.911. The van der Waals surface area contributed by atoms with Gasteiger partial charge in [0.25, 0.3) is 0 Å². The smallest absolute Gasteiger partial charge is 0.134 e. The van der Waals surface area contributed by atoms with E-state index in [1.54, 1.807) is 13.1 Å². The van der Waals surface area contributed by atoms with Crippen LogP contribution in [0.15, 0.2) is 23.8 Å². The summed E-state index contributed by atoms with van der Waals surface area (Å²) in [7, 11) is 1.59. The summed E-state index contributed by atoms with van der Waals surface area (Å²) in [6.45, 7) is 3.65. The first kappa shape index (κ1) is 12.8. The van der Waals surface area contributed by atoms with Gasteiger partial charge in [-0.1, -0.05) is 11.6 Å². The molecule has 1 rings (SSSR count). The number of halogens is 3. The van der Waals surface area contributed by atoms with Gasteiger partial charge in [-0.25, -0.2) is 13.2 Å². The van der Waals surface area contributed by atoms with Gasteiger partial charge in [0, 0.05) is 17.7 Å². The second-order valence-electron chi connectivity index (χ2n) is 3.79. The van der Waals surface area contributed by atoms with Crippen LogP contribution in [0.1, 0.15) is 25.5 Å². The molecule has 0 aliphatic carbocycles. The van der Waals surface area contributed by atoms with Crippen LogP contribution in [0.5, 0.6) is 0 Å². The molecule has 1 N–H and O–H groups in total. The molecule has 1 aromatic rings. The van der Waals surface area contributed by atoms with E-state index in [1.807, 2.05) is 13.8 Å². The van der Waals surface area contributed by atoms with Crippen molar-refractivity contribution in [3.63, 3.8) is 0 Å². The Morgan fingerprint density at radius 1 is 1.19 bits per heavy atom. The minimum absolute atomic E-state index is 0.162. The highest BCUT2D eigenvalue weighted by Gasteiger charge is 2.18. The van der Waals surface area contributed by atoms with Crippen LogP contribution in [0, 0.1) is 17.5 Å². The van der Waals surface area contributed by atoms with Gasteiger partial charge in [0.2, 0.25) is 0 Å². The summed E-state index contributed by atoms with van der Waals surface area (Å²) in [4.78, 5) is 0. The Morgan fingerprint density at radius 3 is 2.06 bits per heavy atom. The van der Waals surface area contributed by atoms with Gasteiger partial charge in [0.1, 0.15) is 17.5 Å². The molecule has 0 saturated heterocycles. The first-order chi connectivity index (χ1) is 7.45. The van der Waals surface area contributed by atoms with Gasteiger partial charge in [0.15, 0.2) is 0 Å². The monoisotopic (exact) mass is 229 g/mol. The molecule has 88 valence electrons. The van der Waals surface area contributed by atoms with Crippen LogP contribution in [0.2, 0.25) is 0 Å². The van der Waals surface area contributed by atoms with Crippen molar-refractivity contribution in [1.29, 1.82) is 0 Å². The van der Waals surface area contributed by atoms with Crippen molar-refractivity contribution in [3.05, 3.63) is 46.8 Å². The molecule has 1 aromatic carbocycles. The Morgan fingerprint density at radius 2 is 1.69 bits per heavy atom. The molecule has 0 spiro atoms. The van der Waals surface area contributed by atoms with E-state index >= 15 is 0 Å². The zero-order valence-electron chi connectivity index (χ0n) is 9.44. The number of allylic oxidation sites excluding steroid dienone is 1. The van der Waals surface area contributed by atoms with Crippen molar-refractivity contribution in [1.82, 2.24) is 5.32 Å². The third-order valence-electron chi connectivity index (χ3n) is 2.17. The molecule has 0 saturated carbocycles. The van der Waals surface area contributed by atoms with Crippen LogP contribution in [-0.2, 0) is 0 Å². The molecule has 0 amide bonds. The maximum atomic E-state index is 13.4. The predicted octanol–water partition coefficient (Wildman–Crippen LogP) is 3.33. The lowest BCUT2D eigenvalue weighted by molar-refractivity contribution is 0.503. The van der Waals surface area contributed by atoms with Gasteiger partial charge < -0.3 is 5.32 Å². The Balaban J connectivity index is 3.25. The van der Waals surface area contributed by atoms with E-state index in [1.165, 1.54) is 0 Å². The summed E-state index contributed by atoms with van der Waals surface area (Å²) in [5.74, 6) is -2.67. The zero-order chi connectivity index (χ0) is 12.3. The van der Waals surface area contributed by atoms with Crippen LogP contribution in [0.4, 0.5) is 13.2 Å². The average molecular weight is 229 g/mol. The number of nitrogens with one attached hydrogen (secondary N) is 1. The number of likely N-dealkylation sites (N-methyl/N-ethyl adjacent to an activating group) is 1. The fourth-order valence-electron chi connectivity index (χ4n) is 1.49. The highest BCUT2D eigenvalue weighted by atomic mass is 19.1. The molecule has 0 heterocycles. The third-order valence-corrected chi connectivity index (χ3v) is 2.17. The second-order valence-corrected chi connectivity index (χ2v) is 3.79. The summed E-state index contributed by atoms with van der Waals surface area (Å²) in [6.07, 6.45) is 1.68. The van der Waals surface area contributed by atoms with Crippen molar-refractivity contribution in [2.24, 2.45) is 0 Å². The van der Waals surface area contributed by atoms with Crippen LogP contribution in [0.25, 0.3) is 0 Å². The minimum Gasteiger partial charge on any atom is -0.310 e. The van der Waals surface area contributed by atoms with E-state index in [2.05, 4.69) is 5.32 Å². The van der Waals surface area contributed by atoms with Crippen LogP contribution < -0.4 is 5.32 Å². The van der Waals surface area contributed by atoms with E-state index in [-0.39, 0.29) is 5.56 Å². The fraction of sp³-hybridized carbons (Fsp3) is 0.333. The van der Waals surface area contributed by atoms with Gasteiger partial charge in [-0.2, -0.15) is 0 Å². The molecule has 1 nitrogen and oxygen atoms in total. The largest absolute Gasteiger partial charge is 0.310 e. The maximum Gasteiger partial charge on any atom is 0.134 e. The van der Waals surface area contributed by atoms with Crippen LogP contribution in [0.3, 0.4) is 0 Å². The molecule has 0 radical (unpaired) electrons. The third kappa shape index (κ3) is 2.85. The van der Waals surface area contributed by atoms with Gasteiger partial charge in [-0.05, 0) is 20.9 Å². The molecule has 1 atom stereocenters. The Labute approximate surface area is 93.0 Å².